The molecule has 0 saturated carbocycles. The van der Waals surface area contributed by atoms with Gasteiger partial charge in [-0.3, -0.25) is 0 Å². The van der Waals surface area contributed by atoms with Gasteiger partial charge >= 0.3 is 0 Å². The van der Waals surface area contributed by atoms with Crippen molar-refractivity contribution < 1.29 is 4.42 Å². The lowest BCUT2D eigenvalue weighted by atomic mass is 10.1. The molecule has 0 bridgehead atoms. The Kier molecular flexibility index (Phi) is 3.46. The van der Waals surface area contributed by atoms with Gasteiger partial charge in [0.25, 0.3) is 0 Å². The molecule has 86 valence electrons. The second-order valence-corrected chi connectivity index (χ2v) is 5.28. The molecule has 0 aliphatic rings. The third-order valence-corrected chi connectivity index (χ3v) is 3.92. The Bertz CT molecular complexity index is 458. The van der Waals surface area contributed by atoms with E-state index in [0.717, 1.165) is 24.2 Å². The third-order valence-electron chi connectivity index (χ3n) is 2.67. The summed E-state index contributed by atoms with van der Waals surface area (Å²) in [7, 11) is 0. The van der Waals surface area contributed by atoms with Crippen LogP contribution in [0.4, 0.5) is 0 Å². The third kappa shape index (κ3) is 2.54. The Morgan fingerprint density at radius 3 is 2.69 bits per heavy atom. The van der Waals surface area contributed by atoms with Crippen LogP contribution in [0.1, 0.15) is 34.0 Å². The molecule has 1 unspecified atom stereocenters. The minimum atomic E-state index is 0.0424. The molecular weight excluding hydrogens is 218 g/mol. The van der Waals surface area contributed by atoms with E-state index in [2.05, 4.69) is 19.1 Å². The van der Waals surface area contributed by atoms with Gasteiger partial charge in [-0.25, -0.2) is 0 Å². The van der Waals surface area contributed by atoms with Crippen LogP contribution in [-0.2, 0) is 12.8 Å². The zero-order chi connectivity index (χ0) is 11.5. The summed E-state index contributed by atoms with van der Waals surface area (Å²) in [5.41, 5.74) is 7.22. The Hall–Kier alpha value is -1.06. The van der Waals surface area contributed by atoms with E-state index >= 15 is 0 Å². The van der Waals surface area contributed by atoms with Crippen molar-refractivity contribution in [2.75, 3.05) is 0 Å². The lowest BCUT2D eigenvalue weighted by Crippen LogP contribution is -2.11. The molecule has 0 fully saturated rings. The highest BCUT2D eigenvalue weighted by atomic mass is 32.1. The number of nitrogens with two attached hydrogens (primary N) is 1. The van der Waals surface area contributed by atoms with Crippen LogP contribution in [-0.4, -0.2) is 0 Å². The van der Waals surface area contributed by atoms with Gasteiger partial charge < -0.3 is 10.2 Å². The molecule has 2 aromatic heterocycles. The molecule has 0 saturated heterocycles. The monoisotopic (exact) mass is 235 g/mol. The van der Waals surface area contributed by atoms with Crippen LogP contribution in [0.5, 0.6) is 0 Å². The highest BCUT2D eigenvalue weighted by Crippen LogP contribution is 2.23. The van der Waals surface area contributed by atoms with Gasteiger partial charge in [0.2, 0.25) is 0 Å². The van der Waals surface area contributed by atoms with Crippen LogP contribution in [0.15, 0.2) is 28.9 Å². The van der Waals surface area contributed by atoms with Gasteiger partial charge in [-0.05, 0) is 31.5 Å². The summed E-state index contributed by atoms with van der Waals surface area (Å²) in [5.74, 6) is 0.922. The summed E-state index contributed by atoms with van der Waals surface area (Å²) < 4.78 is 5.27. The molecule has 3 heteroatoms. The summed E-state index contributed by atoms with van der Waals surface area (Å²) in [6.45, 7) is 4.12. The summed E-state index contributed by atoms with van der Waals surface area (Å²) in [5, 5.41) is 0. The van der Waals surface area contributed by atoms with Crippen LogP contribution < -0.4 is 5.73 Å². The SMILES string of the molecule is CCc1ccc(CC(N)c2coc(C)c2)s1. The molecule has 2 nitrogen and oxygen atoms in total. The Morgan fingerprint density at radius 1 is 1.38 bits per heavy atom. The second-order valence-electron chi connectivity index (χ2n) is 4.02. The van der Waals surface area contributed by atoms with Gasteiger partial charge in [0.1, 0.15) is 5.76 Å². The van der Waals surface area contributed by atoms with Crippen LogP contribution in [0.3, 0.4) is 0 Å². The number of furan rings is 1. The smallest absolute Gasteiger partial charge is 0.101 e. The van der Waals surface area contributed by atoms with Crippen molar-refractivity contribution in [1.29, 1.82) is 0 Å². The van der Waals surface area contributed by atoms with Crippen LogP contribution in [0.2, 0.25) is 0 Å². The molecule has 0 aliphatic carbocycles. The van der Waals surface area contributed by atoms with E-state index in [1.807, 2.05) is 24.3 Å². The molecule has 1 atom stereocenters. The molecule has 0 aromatic carbocycles. The number of aryl methyl sites for hydroxylation is 2. The summed E-state index contributed by atoms with van der Waals surface area (Å²) in [6.07, 6.45) is 3.75. The first-order valence-electron chi connectivity index (χ1n) is 5.57. The topological polar surface area (TPSA) is 39.2 Å². The maximum Gasteiger partial charge on any atom is 0.101 e. The Labute approximate surface area is 100 Å². The van der Waals surface area contributed by atoms with E-state index in [9.17, 15) is 0 Å². The number of hydrogen-bond donors (Lipinski definition) is 1. The Balaban J connectivity index is 2.04. The molecule has 0 spiro atoms. The molecule has 0 aliphatic heterocycles. The zero-order valence-electron chi connectivity index (χ0n) is 9.69. The van der Waals surface area contributed by atoms with Crippen molar-refractivity contribution in [3.63, 3.8) is 0 Å². The molecule has 16 heavy (non-hydrogen) atoms. The van der Waals surface area contributed by atoms with Crippen molar-refractivity contribution >= 4 is 11.3 Å². The average Bonchev–Trinajstić information content (AvgIpc) is 2.87. The summed E-state index contributed by atoms with van der Waals surface area (Å²) in [4.78, 5) is 2.77. The molecule has 0 amide bonds. The van der Waals surface area contributed by atoms with Crippen molar-refractivity contribution in [2.45, 2.75) is 32.7 Å². The molecule has 0 radical (unpaired) electrons. The van der Waals surface area contributed by atoms with E-state index in [0.29, 0.717) is 0 Å². The van der Waals surface area contributed by atoms with Gasteiger partial charge in [-0.2, -0.15) is 0 Å². The summed E-state index contributed by atoms with van der Waals surface area (Å²) in [6, 6.07) is 6.42. The van der Waals surface area contributed by atoms with Gasteiger partial charge in [0, 0.05) is 27.8 Å². The largest absolute Gasteiger partial charge is 0.469 e. The molecule has 2 N–H and O–H groups in total. The first-order chi connectivity index (χ1) is 7.69. The fraction of sp³-hybridized carbons (Fsp3) is 0.385. The van der Waals surface area contributed by atoms with Crippen LogP contribution in [0.25, 0.3) is 0 Å². The van der Waals surface area contributed by atoms with Crippen molar-refractivity contribution in [3.05, 3.63) is 45.5 Å². The second kappa shape index (κ2) is 4.85. The van der Waals surface area contributed by atoms with Crippen molar-refractivity contribution in [1.82, 2.24) is 0 Å². The van der Waals surface area contributed by atoms with E-state index in [-0.39, 0.29) is 6.04 Å². The minimum absolute atomic E-state index is 0.0424. The molecule has 2 aromatic rings. The lowest BCUT2D eigenvalue weighted by molar-refractivity contribution is 0.528. The standard InChI is InChI=1S/C13H17NOS/c1-3-11-4-5-12(16-11)7-13(14)10-6-9(2)15-8-10/h4-6,8,13H,3,7,14H2,1-2H3. The number of hydrogen-bond acceptors (Lipinski definition) is 3. The van der Waals surface area contributed by atoms with E-state index in [1.165, 1.54) is 9.75 Å². The molecule has 2 heterocycles. The zero-order valence-corrected chi connectivity index (χ0v) is 10.5. The van der Waals surface area contributed by atoms with Crippen LogP contribution in [0, 0.1) is 6.92 Å². The predicted molar refractivity (Wildman–Crippen MR) is 67.8 cm³/mol. The van der Waals surface area contributed by atoms with Gasteiger partial charge in [0.05, 0.1) is 6.26 Å². The first-order valence-corrected chi connectivity index (χ1v) is 6.39. The number of thiophene rings is 1. The maximum atomic E-state index is 6.14. The fourth-order valence-electron chi connectivity index (χ4n) is 1.71. The minimum Gasteiger partial charge on any atom is -0.469 e. The highest BCUT2D eigenvalue weighted by Gasteiger charge is 2.10. The normalized spacial score (nSPS) is 12.9. The lowest BCUT2D eigenvalue weighted by Gasteiger charge is -2.06. The van der Waals surface area contributed by atoms with E-state index in [1.54, 1.807) is 6.26 Å². The van der Waals surface area contributed by atoms with E-state index in [4.69, 9.17) is 10.2 Å². The molecular formula is C13H17NOS. The van der Waals surface area contributed by atoms with Crippen LogP contribution >= 0.6 is 11.3 Å². The summed E-state index contributed by atoms with van der Waals surface area (Å²) >= 11 is 1.85. The fourth-order valence-corrected chi connectivity index (χ4v) is 2.73. The Morgan fingerprint density at radius 2 is 2.12 bits per heavy atom. The quantitative estimate of drug-likeness (QED) is 0.881. The van der Waals surface area contributed by atoms with Gasteiger partial charge in [-0.15, -0.1) is 11.3 Å². The average molecular weight is 235 g/mol. The first kappa shape index (κ1) is 11.4. The highest BCUT2D eigenvalue weighted by molar-refractivity contribution is 7.11. The predicted octanol–water partition coefficient (Wildman–Crippen LogP) is 3.45. The van der Waals surface area contributed by atoms with Gasteiger partial charge in [-0.1, -0.05) is 6.92 Å². The van der Waals surface area contributed by atoms with Crippen molar-refractivity contribution in [3.8, 4) is 0 Å². The molecule has 2 rings (SSSR count). The number of rotatable bonds is 4. The van der Waals surface area contributed by atoms with Gasteiger partial charge in [0.15, 0.2) is 0 Å². The maximum absolute atomic E-state index is 6.14. The van der Waals surface area contributed by atoms with Crippen molar-refractivity contribution in [2.24, 2.45) is 5.73 Å². The van der Waals surface area contributed by atoms with E-state index < -0.39 is 0 Å².